The van der Waals surface area contributed by atoms with Crippen molar-refractivity contribution in [1.29, 1.82) is 0 Å². The summed E-state index contributed by atoms with van der Waals surface area (Å²) in [5, 5.41) is 4.68. The first-order valence-electron chi connectivity index (χ1n) is 10.1. The van der Waals surface area contributed by atoms with E-state index in [1.807, 2.05) is 43.3 Å². The highest BCUT2D eigenvalue weighted by molar-refractivity contribution is 7.91. The Morgan fingerprint density at radius 2 is 1.87 bits per heavy atom. The fourth-order valence-electron chi connectivity index (χ4n) is 3.54. The molecular formula is C23H24N2O4S2. The molecular weight excluding hydrogens is 432 g/mol. The van der Waals surface area contributed by atoms with Crippen LogP contribution in [0.1, 0.15) is 18.4 Å². The molecule has 1 saturated heterocycles. The Labute approximate surface area is 186 Å². The van der Waals surface area contributed by atoms with Crippen molar-refractivity contribution in [2.75, 3.05) is 18.4 Å². The summed E-state index contributed by atoms with van der Waals surface area (Å²) >= 11 is 1.19. The van der Waals surface area contributed by atoms with Gasteiger partial charge in [-0.2, -0.15) is 4.31 Å². The molecule has 0 spiro atoms. The molecule has 0 radical (unpaired) electrons. The van der Waals surface area contributed by atoms with Gasteiger partial charge in [0.05, 0.1) is 11.6 Å². The van der Waals surface area contributed by atoms with E-state index in [2.05, 4.69) is 5.32 Å². The van der Waals surface area contributed by atoms with Crippen molar-refractivity contribution in [3.63, 3.8) is 0 Å². The SMILES string of the molecule is Cc1ccc(Oc2ccccc2NC(=O)[C@@H]2CCCN(S(=O)(=O)c3cccs3)C2)cc1. The third kappa shape index (κ3) is 4.98. The number of para-hydroxylation sites is 2. The summed E-state index contributed by atoms with van der Waals surface area (Å²) in [6.07, 6.45) is 1.29. The van der Waals surface area contributed by atoms with Gasteiger partial charge in [0.15, 0.2) is 5.75 Å². The quantitative estimate of drug-likeness (QED) is 0.573. The number of aryl methyl sites for hydroxylation is 1. The number of piperidine rings is 1. The topological polar surface area (TPSA) is 75.7 Å². The van der Waals surface area contributed by atoms with Crippen LogP contribution >= 0.6 is 11.3 Å². The number of ether oxygens (including phenoxy) is 1. The van der Waals surface area contributed by atoms with Crippen molar-refractivity contribution < 1.29 is 17.9 Å². The van der Waals surface area contributed by atoms with Gasteiger partial charge in [0.25, 0.3) is 10.0 Å². The van der Waals surface area contributed by atoms with E-state index >= 15 is 0 Å². The maximum atomic E-state index is 13.0. The molecule has 1 aliphatic heterocycles. The van der Waals surface area contributed by atoms with Crippen LogP contribution in [0, 0.1) is 12.8 Å². The second kappa shape index (κ2) is 9.21. The highest BCUT2D eigenvalue weighted by Gasteiger charge is 2.34. The number of nitrogens with zero attached hydrogens (tertiary/aromatic N) is 1. The normalized spacial score (nSPS) is 17.3. The van der Waals surface area contributed by atoms with Gasteiger partial charge >= 0.3 is 0 Å². The molecule has 31 heavy (non-hydrogen) atoms. The maximum Gasteiger partial charge on any atom is 0.252 e. The summed E-state index contributed by atoms with van der Waals surface area (Å²) in [5.41, 5.74) is 1.69. The zero-order valence-corrected chi connectivity index (χ0v) is 18.8. The molecule has 0 saturated carbocycles. The monoisotopic (exact) mass is 456 g/mol. The number of benzene rings is 2. The third-order valence-electron chi connectivity index (χ3n) is 5.24. The molecule has 1 amide bonds. The van der Waals surface area contributed by atoms with Crippen molar-refractivity contribution >= 4 is 33.0 Å². The van der Waals surface area contributed by atoms with Crippen molar-refractivity contribution in [2.24, 2.45) is 5.92 Å². The predicted molar refractivity (Wildman–Crippen MR) is 122 cm³/mol. The Kier molecular flexibility index (Phi) is 6.41. The maximum absolute atomic E-state index is 13.0. The molecule has 0 bridgehead atoms. The van der Waals surface area contributed by atoms with Crippen molar-refractivity contribution in [3.8, 4) is 11.5 Å². The Bertz CT molecular complexity index is 1140. The summed E-state index contributed by atoms with van der Waals surface area (Å²) in [6, 6.07) is 18.2. The molecule has 2 heterocycles. The number of hydrogen-bond acceptors (Lipinski definition) is 5. The number of nitrogens with one attached hydrogen (secondary N) is 1. The minimum absolute atomic E-state index is 0.174. The van der Waals surface area contributed by atoms with Crippen molar-refractivity contribution in [3.05, 3.63) is 71.6 Å². The van der Waals surface area contributed by atoms with Crippen LogP contribution in [0.5, 0.6) is 11.5 Å². The van der Waals surface area contributed by atoms with Crippen LogP contribution in [0.15, 0.2) is 70.3 Å². The first kappa shape index (κ1) is 21.5. The molecule has 3 aromatic rings. The lowest BCUT2D eigenvalue weighted by atomic mass is 9.98. The number of amides is 1. The highest BCUT2D eigenvalue weighted by atomic mass is 32.2. The van der Waals surface area contributed by atoms with E-state index in [4.69, 9.17) is 4.74 Å². The van der Waals surface area contributed by atoms with Crippen LogP contribution in [-0.4, -0.2) is 31.7 Å². The van der Waals surface area contributed by atoms with Crippen LogP contribution in [0.25, 0.3) is 0 Å². The van der Waals surface area contributed by atoms with E-state index in [1.165, 1.54) is 15.6 Å². The van der Waals surface area contributed by atoms with Gasteiger partial charge in [-0.3, -0.25) is 4.79 Å². The lowest BCUT2D eigenvalue weighted by molar-refractivity contribution is -0.120. The average Bonchev–Trinajstić information content (AvgIpc) is 3.33. The molecule has 2 aromatic carbocycles. The summed E-state index contributed by atoms with van der Waals surface area (Å²) < 4.78 is 33.4. The van der Waals surface area contributed by atoms with E-state index in [-0.39, 0.29) is 12.5 Å². The number of hydrogen-bond donors (Lipinski definition) is 1. The average molecular weight is 457 g/mol. The Balaban J connectivity index is 1.46. The first-order chi connectivity index (χ1) is 14.9. The highest BCUT2D eigenvalue weighted by Crippen LogP contribution is 2.31. The molecule has 0 unspecified atom stereocenters. The fourth-order valence-corrected chi connectivity index (χ4v) is 6.21. The number of rotatable bonds is 6. The molecule has 1 aliphatic rings. The predicted octanol–water partition coefficient (Wildman–Crippen LogP) is 4.89. The smallest absolute Gasteiger partial charge is 0.252 e. The Morgan fingerprint density at radius 1 is 1.10 bits per heavy atom. The van der Waals surface area contributed by atoms with E-state index in [9.17, 15) is 13.2 Å². The van der Waals surface area contributed by atoms with Crippen LogP contribution in [0.4, 0.5) is 5.69 Å². The van der Waals surface area contributed by atoms with Crippen LogP contribution in [0.3, 0.4) is 0 Å². The van der Waals surface area contributed by atoms with Gasteiger partial charge in [-0.1, -0.05) is 35.9 Å². The standard InChI is InChI=1S/C23H24N2O4S2/c1-17-10-12-19(13-11-17)29-21-8-3-2-7-20(21)24-23(26)18-6-4-14-25(16-18)31(27,28)22-9-5-15-30-22/h2-3,5,7-13,15,18H,4,6,14,16H2,1H3,(H,24,26)/t18-/m1/s1. The van der Waals surface area contributed by atoms with Gasteiger partial charge in [-0.15, -0.1) is 11.3 Å². The molecule has 1 atom stereocenters. The minimum Gasteiger partial charge on any atom is -0.455 e. The van der Waals surface area contributed by atoms with Gasteiger partial charge in [-0.05, 0) is 55.5 Å². The van der Waals surface area contributed by atoms with Gasteiger partial charge in [0, 0.05) is 13.1 Å². The summed E-state index contributed by atoms with van der Waals surface area (Å²) in [7, 11) is -3.56. The summed E-state index contributed by atoms with van der Waals surface area (Å²) in [4.78, 5) is 13.0. The zero-order valence-electron chi connectivity index (χ0n) is 17.2. The van der Waals surface area contributed by atoms with Crippen molar-refractivity contribution in [2.45, 2.75) is 24.0 Å². The van der Waals surface area contributed by atoms with Gasteiger partial charge in [-0.25, -0.2) is 8.42 Å². The lowest BCUT2D eigenvalue weighted by Gasteiger charge is -2.30. The Morgan fingerprint density at radius 3 is 2.61 bits per heavy atom. The molecule has 1 fully saturated rings. The number of sulfonamides is 1. The number of anilines is 1. The first-order valence-corrected chi connectivity index (χ1v) is 12.4. The van der Waals surface area contributed by atoms with E-state index in [0.29, 0.717) is 40.8 Å². The summed E-state index contributed by atoms with van der Waals surface area (Å²) in [6.45, 7) is 2.61. The summed E-state index contributed by atoms with van der Waals surface area (Å²) in [5.74, 6) is 0.596. The molecule has 0 aliphatic carbocycles. The molecule has 1 N–H and O–H groups in total. The lowest BCUT2D eigenvalue weighted by Crippen LogP contribution is -2.43. The number of thiophene rings is 1. The second-order valence-electron chi connectivity index (χ2n) is 7.53. The van der Waals surface area contributed by atoms with Crippen LogP contribution in [-0.2, 0) is 14.8 Å². The van der Waals surface area contributed by atoms with Gasteiger partial charge in [0.2, 0.25) is 5.91 Å². The van der Waals surface area contributed by atoms with Gasteiger partial charge in [0.1, 0.15) is 9.96 Å². The molecule has 6 nitrogen and oxygen atoms in total. The van der Waals surface area contributed by atoms with E-state index in [1.54, 1.807) is 29.6 Å². The molecule has 1 aromatic heterocycles. The fraction of sp³-hybridized carbons (Fsp3) is 0.261. The molecule has 162 valence electrons. The molecule has 4 rings (SSSR count). The van der Waals surface area contributed by atoms with Gasteiger partial charge < -0.3 is 10.1 Å². The second-order valence-corrected chi connectivity index (χ2v) is 10.6. The third-order valence-corrected chi connectivity index (χ3v) is 8.48. The van der Waals surface area contributed by atoms with E-state index in [0.717, 1.165) is 5.56 Å². The number of carbonyl (C=O) groups excluding carboxylic acids is 1. The van der Waals surface area contributed by atoms with E-state index < -0.39 is 15.9 Å². The number of carbonyl (C=O) groups is 1. The van der Waals surface area contributed by atoms with Crippen LogP contribution in [0.2, 0.25) is 0 Å². The largest absolute Gasteiger partial charge is 0.455 e. The minimum atomic E-state index is -3.56. The van der Waals surface area contributed by atoms with Crippen LogP contribution < -0.4 is 10.1 Å². The Hall–Kier alpha value is -2.68. The molecule has 8 heteroatoms. The van der Waals surface area contributed by atoms with Crippen molar-refractivity contribution in [1.82, 2.24) is 4.31 Å². The zero-order chi connectivity index (χ0) is 21.8.